The van der Waals surface area contributed by atoms with Gasteiger partial charge in [0.15, 0.2) is 5.76 Å². The first kappa shape index (κ1) is 13.9. The maximum Gasteiger partial charge on any atom is 0.338 e. The van der Waals surface area contributed by atoms with Crippen molar-refractivity contribution in [3.05, 3.63) is 47.5 Å². The van der Waals surface area contributed by atoms with E-state index in [0.29, 0.717) is 11.5 Å². The number of aromatic nitrogens is 1. The highest BCUT2D eigenvalue weighted by Gasteiger charge is 2.13. The molecule has 1 aromatic carbocycles. The van der Waals surface area contributed by atoms with Crippen LogP contribution in [-0.2, 0) is 0 Å². The van der Waals surface area contributed by atoms with Crippen molar-refractivity contribution in [2.75, 3.05) is 6.26 Å². The van der Waals surface area contributed by atoms with Crippen LogP contribution in [0.2, 0.25) is 0 Å². The van der Waals surface area contributed by atoms with E-state index in [1.807, 2.05) is 23.8 Å². The summed E-state index contributed by atoms with van der Waals surface area (Å²) in [5, 5.41) is 11.6. The highest BCUT2D eigenvalue weighted by molar-refractivity contribution is 7.98. The average molecular weight is 317 g/mol. The van der Waals surface area contributed by atoms with E-state index in [2.05, 4.69) is 17.1 Å². The SMILES string of the molecule is CSc1ccc(-c2nc(-c3cc(C(=O)O)co3)cs2)cc1. The van der Waals surface area contributed by atoms with Crippen LogP contribution < -0.4 is 0 Å². The summed E-state index contributed by atoms with van der Waals surface area (Å²) >= 11 is 3.20. The van der Waals surface area contributed by atoms with E-state index in [4.69, 9.17) is 9.52 Å². The van der Waals surface area contributed by atoms with Gasteiger partial charge in [0.05, 0.1) is 5.56 Å². The number of thioether (sulfide) groups is 1. The molecule has 0 spiro atoms. The standard InChI is InChI=1S/C15H11NO3S2/c1-20-11-4-2-9(3-5-11)14-16-12(8-21-14)13-6-10(7-19-13)15(17)18/h2-8H,1H3,(H,17,18). The number of hydrogen-bond acceptors (Lipinski definition) is 5. The molecule has 6 heteroatoms. The second-order valence-corrected chi connectivity index (χ2v) is 6.01. The van der Waals surface area contributed by atoms with Gasteiger partial charge in [-0.2, -0.15) is 0 Å². The summed E-state index contributed by atoms with van der Waals surface area (Å²) in [6, 6.07) is 9.64. The molecule has 0 amide bonds. The molecule has 0 saturated heterocycles. The van der Waals surface area contributed by atoms with Crippen LogP contribution in [0.4, 0.5) is 0 Å². The minimum Gasteiger partial charge on any atom is -0.478 e. The van der Waals surface area contributed by atoms with Crippen LogP contribution in [0.3, 0.4) is 0 Å². The van der Waals surface area contributed by atoms with Crippen LogP contribution in [0.15, 0.2) is 51.3 Å². The number of hydrogen-bond donors (Lipinski definition) is 1. The minimum absolute atomic E-state index is 0.129. The van der Waals surface area contributed by atoms with Crippen LogP contribution in [0.5, 0.6) is 0 Å². The van der Waals surface area contributed by atoms with Crippen molar-refractivity contribution < 1.29 is 14.3 Å². The molecule has 0 saturated carbocycles. The van der Waals surface area contributed by atoms with E-state index in [1.165, 1.54) is 28.6 Å². The first-order chi connectivity index (χ1) is 10.2. The van der Waals surface area contributed by atoms with Crippen molar-refractivity contribution in [3.63, 3.8) is 0 Å². The number of aromatic carboxylic acids is 1. The van der Waals surface area contributed by atoms with Gasteiger partial charge in [-0.3, -0.25) is 0 Å². The van der Waals surface area contributed by atoms with Gasteiger partial charge >= 0.3 is 5.97 Å². The molecule has 0 fully saturated rings. The Labute approximate surface area is 129 Å². The first-order valence-corrected chi connectivity index (χ1v) is 8.20. The Bertz CT molecular complexity index is 774. The van der Waals surface area contributed by atoms with Crippen molar-refractivity contribution >= 4 is 29.1 Å². The molecule has 106 valence electrons. The summed E-state index contributed by atoms with van der Waals surface area (Å²) in [6.07, 6.45) is 3.26. The zero-order chi connectivity index (χ0) is 14.8. The van der Waals surface area contributed by atoms with Crippen molar-refractivity contribution in [1.29, 1.82) is 0 Å². The quantitative estimate of drug-likeness (QED) is 0.718. The third-order valence-electron chi connectivity index (χ3n) is 2.94. The van der Waals surface area contributed by atoms with Gasteiger partial charge in [0.25, 0.3) is 0 Å². The van der Waals surface area contributed by atoms with E-state index < -0.39 is 5.97 Å². The fourth-order valence-electron chi connectivity index (χ4n) is 1.84. The molecule has 21 heavy (non-hydrogen) atoms. The second kappa shape index (κ2) is 5.75. The lowest BCUT2D eigenvalue weighted by Crippen LogP contribution is -1.91. The second-order valence-electron chi connectivity index (χ2n) is 4.27. The number of nitrogens with zero attached hydrogens (tertiary/aromatic N) is 1. The maximum absolute atomic E-state index is 10.9. The fraction of sp³-hybridized carbons (Fsp3) is 0.0667. The summed E-state index contributed by atoms with van der Waals surface area (Å²) in [5.41, 5.74) is 1.81. The smallest absolute Gasteiger partial charge is 0.338 e. The number of carbonyl (C=O) groups is 1. The van der Waals surface area contributed by atoms with E-state index in [9.17, 15) is 4.79 Å². The van der Waals surface area contributed by atoms with Gasteiger partial charge in [-0.1, -0.05) is 12.1 Å². The van der Waals surface area contributed by atoms with Crippen LogP contribution in [0, 0.1) is 0 Å². The topological polar surface area (TPSA) is 63.3 Å². The van der Waals surface area contributed by atoms with Gasteiger partial charge < -0.3 is 9.52 Å². The van der Waals surface area contributed by atoms with E-state index in [0.717, 1.165) is 10.6 Å². The molecule has 0 aliphatic heterocycles. The van der Waals surface area contributed by atoms with Gasteiger partial charge in [-0.05, 0) is 18.4 Å². The van der Waals surface area contributed by atoms with Gasteiger partial charge in [0.2, 0.25) is 0 Å². The molecular formula is C15H11NO3S2. The normalized spacial score (nSPS) is 10.7. The summed E-state index contributed by atoms with van der Waals surface area (Å²) in [7, 11) is 0. The predicted molar refractivity (Wildman–Crippen MR) is 84.0 cm³/mol. The van der Waals surface area contributed by atoms with Crippen molar-refractivity contribution in [3.8, 4) is 22.0 Å². The summed E-state index contributed by atoms with van der Waals surface area (Å²) < 4.78 is 5.26. The lowest BCUT2D eigenvalue weighted by atomic mass is 10.2. The van der Waals surface area contributed by atoms with E-state index in [1.54, 1.807) is 11.8 Å². The maximum atomic E-state index is 10.9. The molecule has 1 N–H and O–H groups in total. The Hall–Kier alpha value is -2.05. The molecule has 3 aromatic rings. The molecular weight excluding hydrogens is 306 g/mol. The fourth-order valence-corrected chi connectivity index (χ4v) is 3.06. The minimum atomic E-state index is -1.01. The Kier molecular flexibility index (Phi) is 3.81. The molecule has 2 heterocycles. The monoisotopic (exact) mass is 317 g/mol. The Morgan fingerprint density at radius 2 is 2.10 bits per heavy atom. The predicted octanol–water partition coefficient (Wildman–Crippen LogP) is 4.49. The highest BCUT2D eigenvalue weighted by atomic mass is 32.2. The molecule has 4 nitrogen and oxygen atoms in total. The largest absolute Gasteiger partial charge is 0.478 e. The van der Waals surface area contributed by atoms with Crippen molar-refractivity contribution in [2.24, 2.45) is 0 Å². The number of furan rings is 1. The number of thiazole rings is 1. The lowest BCUT2D eigenvalue weighted by molar-refractivity contribution is 0.0696. The van der Waals surface area contributed by atoms with Crippen LogP contribution >= 0.6 is 23.1 Å². The third kappa shape index (κ3) is 2.86. The van der Waals surface area contributed by atoms with Gasteiger partial charge in [-0.25, -0.2) is 9.78 Å². The Morgan fingerprint density at radius 3 is 2.71 bits per heavy atom. The van der Waals surface area contributed by atoms with Gasteiger partial charge in [0.1, 0.15) is 17.0 Å². The first-order valence-electron chi connectivity index (χ1n) is 6.09. The Balaban J connectivity index is 1.89. The van der Waals surface area contributed by atoms with Crippen LogP contribution in [-0.4, -0.2) is 22.3 Å². The molecule has 0 atom stereocenters. The molecule has 0 unspecified atom stereocenters. The van der Waals surface area contributed by atoms with Gasteiger partial charge in [-0.15, -0.1) is 23.1 Å². The van der Waals surface area contributed by atoms with Crippen LogP contribution in [0.25, 0.3) is 22.0 Å². The zero-order valence-electron chi connectivity index (χ0n) is 11.1. The number of benzene rings is 1. The van der Waals surface area contributed by atoms with Gasteiger partial charge in [0, 0.05) is 21.9 Å². The summed E-state index contributed by atoms with van der Waals surface area (Å²) in [4.78, 5) is 16.6. The molecule has 0 aliphatic rings. The molecule has 0 aliphatic carbocycles. The molecule has 0 bridgehead atoms. The van der Waals surface area contributed by atoms with Crippen LogP contribution in [0.1, 0.15) is 10.4 Å². The Morgan fingerprint density at radius 1 is 1.33 bits per heavy atom. The average Bonchev–Trinajstić information content (AvgIpc) is 3.16. The van der Waals surface area contributed by atoms with Crippen molar-refractivity contribution in [2.45, 2.75) is 4.90 Å². The number of rotatable bonds is 4. The molecule has 0 radical (unpaired) electrons. The summed E-state index contributed by atoms with van der Waals surface area (Å²) in [6.45, 7) is 0. The summed E-state index contributed by atoms with van der Waals surface area (Å²) in [5.74, 6) is -0.538. The highest BCUT2D eigenvalue weighted by Crippen LogP contribution is 2.30. The lowest BCUT2D eigenvalue weighted by Gasteiger charge is -1.98. The molecule has 3 rings (SSSR count). The van der Waals surface area contributed by atoms with E-state index in [-0.39, 0.29) is 5.56 Å². The molecule has 2 aromatic heterocycles. The zero-order valence-corrected chi connectivity index (χ0v) is 12.7. The number of carboxylic acid groups (broad SMARTS) is 1. The number of carboxylic acids is 1. The van der Waals surface area contributed by atoms with E-state index >= 15 is 0 Å². The van der Waals surface area contributed by atoms with Crippen molar-refractivity contribution in [1.82, 2.24) is 4.98 Å². The third-order valence-corrected chi connectivity index (χ3v) is 4.57.